The van der Waals surface area contributed by atoms with Gasteiger partial charge in [-0.3, -0.25) is 4.79 Å². The molecule has 0 aliphatic heterocycles. The van der Waals surface area contributed by atoms with E-state index in [1.54, 1.807) is 0 Å². The Morgan fingerprint density at radius 2 is 1.84 bits per heavy atom. The molecule has 2 nitrogen and oxygen atoms in total. The van der Waals surface area contributed by atoms with E-state index in [0.29, 0.717) is 10.0 Å². The van der Waals surface area contributed by atoms with Crippen LogP contribution in [0, 0.1) is 19.7 Å². The summed E-state index contributed by atoms with van der Waals surface area (Å²) in [7, 11) is 0. The summed E-state index contributed by atoms with van der Waals surface area (Å²) in [5.41, 5.74) is 3.40. The van der Waals surface area contributed by atoms with Crippen LogP contribution in [0.2, 0.25) is 0 Å². The van der Waals surface area contributed by atoms with Gasteiger partial charge in [0.25, 0.3) is 5.91 Å². The summed E-state index contributed by atoms with van der Waals surface area (Å²) >= 11 is 3.19. The number of rotatable bonds is 2. The van der Waals surface area contributed by atoms with Gasteiger partial charge in [-0.1, -0.05) is 6.07 Å². The second-order valence-electron chi connectivity index (χ2n) is 4.38. The minimum absolute atomic E-state index is 0.268. The molecule has 2 rings (SSSR count). The zero-order valence-electron chi connectivity index (χ0n) is 10.6. The summed E-state index contributed by atoms with van der Waals surface area (Å²) in [6.45, 7) is 4.00. The maximum absolute atomic E-state index is 13.0. The van der Waals surface area contributed by atoms with Crippen molar-refractivity contribution in [2.75, 3.05) is 5.32 Å². The largest absolute Gasteiger partial charge is 0.322 e. The molecule has 0 bridgehead atoms. The van der Waals surface area contributed by atoms with Crippen LogP contribution in [-0.2, 0) is 0 Å². The van der Waals surface area contributed by atoms with Crippen LogP contribution in [0.5, 0.6) is 0 Å². The Kier molecular flexibility index (Phi) is 4.00. The number of aryl methyl sites for hydroxylation is 2. The Balaban J connectivity index is 2.23. The third-order valence-corrected chi connectivity index (χ3v) is 3.60. The fourth-order valence-electron chi connectivity index (χ4n) is 1.69. The summed E-state index contributed by atoms with van der Waals surface area (Å²) in [5, 5.41) is 2.80. The summed E-state index contributed by atoms with van der Waals surface area (Å²) in [4.78, 5) is 12.1. The van der Waals surface area contributed by atoms with Gasteiger partial charge in [-0.2, -0.15) is 0 Å². The van der Waals surface area contributed by atoms with Gasteiger partial charge in [-0.05, 0) is 71.2 Å². The number of carbonyl (C=O) groups is 1. The van der Waals surface area contributed by atoms with Crippen molar-refractivity contribution in [3.8, 4) is 0 Å². The van der Waals surface area contributed by atoms with Gasteiger partial charge in [0.05, 0.1) is 5.56 Å². The molecule has 98 valence electrons. The lowest BCUT2D eigenvalue weighted by Crippen LogP contribution is -2.12. The summed E-state index contributed by atoms with van der Waals surface area (Å²) in [5.74, 6) is -0.648. The number of nitrogens with one attached hydrogen (secondary N) is 1. The smallest absolute Gasteiger partial charge is 0.256 e. The molecule has 0 unspecified atom stereocenters. The molecule has 0 saturated heterocycles. The molecular weight excluding hydrogens is 309 g/mol. The van der Waals surface area contributed by atoms with Crippen LogP contribution in [-0.4, -0.2) is 5.91 Å². The first kappa shape index (κ1) is 13.7. The second-order valence-corrected chi connectivity index (χ2v) is 5.23. The van der Waals surface area contributed by atoms with Crippen molar-refractivity contribution in [2.45, 2.75) is 13.8 Å². The lowest BCUT2D eigenvalue weighted by atomic mass is 10.1. The van der Waals surface area contributed by atoms with Crippen LogP contribution in [0.3, 0.4) is 0 Å². The fraction of sp³-hybridized carbons (Fsp3) is 0.133. The molecule has 2 aromatic carbocycles. The first-order valence-electron chi connectivity index (χ1n) is 5.81. The van der Waals surface area contributed by atoms with Gasteiger partial charge in [0.2, 0.25) is 0 Å². The molecule has 19 heavy (non-hydrogen) atoms. The number of anilines is 1. The molecule has 0 heterocycles. The van der Waals surface area contributed by atoms with Crippen molar-refractivity contribution in [2.24, 2.45) is 0 Å². The number of hydrogen-bond donors (Lipinski definition) is 1. The minimum atomic E-state index is -0.380. The predicted molar refractivity (Wildman–Crippen MR) is 78.0 cm³/mol. The topological polar surface area (TPSA) is 29.1 Å². The molecule has 0 atom stereocenters. The van der Waals surface area contributed by atoms with Crippen molar-refractivity contribution in [3.63, 3.8) is 0 Å². The van der Waals surface area contributed by atoms with Crippen LogP contribution < -0.4 is 5.32 Å². The first-order valence-corrected chi connectivity index (χ1v) is 6.60. The van der Waals surface area contributed by atoms with Crippen LogP contribution >= 0.6 is 15.9 Å². The summed E-state index contributed by atoms with van der Waals surface area (Å²) in [6, 6.07) is 9.69. The molecule has 4 heteroatoms. The standard InChI is InChI=1S/C15H13BrFNO/c1-9-3-5-12(7-10(9)2)18-15(19)13-6-4-11(17)8-14(13)16/h3-8H,1-2H3,(H,18,19). The van der Waals surface area contributed by atoms with Crippen LogP contribution in [0.15, 0.2) is 40.9 Å². The molecule has 0 fully saturated rings. The monoisotopic (exact) mass is 321 g/mol. The van der Waals surface area contributed by atoms with Crippen molar-refractivity contribution in [3.05, 3.63) is 63.4 Å². The molecule has 1 amide bonds. The van der Waals surface area contributed by atoms with E-state index < -0.39 is 0 Å². The lowest BCUT2D eigenvalue weighted by molar-refractivity contribution is 0.102. The maximum atomic E-state index is 13.0. The Hall–Kier alpha value is -1.68. The van der Waals surface area contributed by atoms with E-state index in [9.17, 15) is 9.18 Å². The Bertz CT molecular complexity index is 640. The van der Waals surface area contributed by atoms with Gasteiger partial charge in [-0.25, -0.2) is 4.39 Å². The number of hydrogen-bond acceptors (Lipinski definition) is 1. The van der Waals surface area contributed by atoms with Gasteiger partial charge < -0.3 is 5.32 Å². The molecule has 2 aromatic rings. The third kappa shape index (κ3) is 3.20. The molecule has 1 N–H and O–H groups in total. The zero-order chi connectivity index (χ0) is 14.0. The minimum Gasteiger partial charge on any atom is -0.322 e. The average Bonchev–Trinajstić information content (AvgIpc) is 2.33. The Morgan fingerprint density at radius 1 is 1.11 bits per heavy atom. The van der Waals surface area contributed by atoms with E-state index in [2.05, 4.69) is 21.2 Å². The van der Waals surface area contributed by atoms with E-state index in [1.165, 1.54) is 23.8 Å². The molecule has 0 aliphatic rings. The lowest BCUT2D eigenvalue weighted by Gasteiger charge is -2.09. The van der Waals surface area contributed by atoms with E-state index >= 15 is 0 Å². The molecule has 0 radical (unpaired) electrons. The number of halogens is 2. The predicted octanol–water partition coefficient (Wildman–Crippen LogP) is 4.46. The van der Waals surface area contributed by atoms with Crippen molar-refractivity contribution in [1.29, 1.82) is 0 Å². The van der Waals surface area contributed by atoms with Gasteiger partial charge in [-0.15, -0.1) is 0 Å². The van der Waals surface area contributed by atoms with Gasteiger partial charge in [0.15, 0.2) is 0 Å². The first-order chi connectivity index (χ1) is 8.97. The third-order valence-electron chi connectivity index (χ3n) is 2.94. The zero-order valence-corrected chi connectivity index (χ0v) is 12.2. The van der Waals surface area contributed by atoms with Gasteiger partial charge in [0, 0.05) is 10.2 Å². The SMILES string of the molecule is Cc1ccc(NC(=O)c2ccc(F)cc2Br)cc1C. The highest BCUT2D eigenvalue weighted by molar-refractivity contribution is 9.10. The average molecular weight is 322 g/mol. The number of benzene rings is 2. The molecular formula is C15H13BrFNO. The summed E-state index contributed by atoms with van der Waals surface area (Å²) < 4.78 is 13.4. The van der Waals surface area contributed by atoms with E-state index in [0.717, 1.165) is 11.3 Å². The highest BCUT2D eigenvalue weighted by atomic mass is 79.9. The summed E-state index contributed by atoms with van der Waals surface area (Å²) in [6.07, 6.45) is 0. The van der Waals surface area contributed by atoms with Crippen molar-refractivity contribution >= 4 is 27.5 Å². The Morgan fingerprint density at radius 3 is 2.47 bits per heavy atom. The normalized spacial score (nSPS) is 10.3. The quantitative estimate of drug-likeness (QED) is 0.869. The Labute approximate surface area is 119 Å². The molecule has 0 spiro atoms. The van der Waals surface area contributed by atoms with Crippen LogP contribution in [0.25, 0.3) is 0 Å². The van der Waals surface area contributed by atoms with E-state index in [4.69, 9.17) is 0 Å². The van der Waals surface area contributed by atoms with Crippen molar-refractivity contribution < 1.29 is 9.18 Å². The van der Waals surface area contributed by atoms with E-state index in [1.807, 2.05) is 32.0 Å². The van der Waals surface area contributed by atoms with E-state index in [-0.39, 0.29) is 11.7 Å². The second kappa shape index (κ2) is 5.53. The highest BCUT2D eigenvalue weighted by Gasteiger charge is 2.11. The molecule has 0 aliphatic carbocycles. The van der Waals surface area contributed by atoms with Crippen LogP contribution in [0.4, 0.5) is 10.1 Å². The molecule has 0 aromatic heterocycles. The fourth-order valence-corrected chi connectivity index (χ4v) is 2.22. The maximum Gasteiger partial charge on any atom is 0.256 e. The molecule has 0 saturated carbocycles. The number of carbonyl (C=O) groups excluding carboxylic acids is 1. The van der Waals surface area contributed by atoms with Crippen molar-refractivity contribution in [1.82, 2.24) is 0 Å². The van der Waals surface area contributed by atoms with Crippen LogP contribution in [0.1, 0.15) is 21.5 Å². The van der Waals surface area contributed by atoms with Gasteiger partial charge in [0.1, 0.15) is 5.82 Å². The van der Waals surface area contributed by atoms with Gasteiger partial charge >= 0.3 is 0 Å². The number of amides is 1. The highest BCUT2D eigenvalue weighted by Crippen LogP contribution is 2.20.